The molecule has 3 aromatic carbocycles. The van der Waals surface area contributed by atoms with E-state index in [-0.39, 0.29) is 21.6 Å². The number of aromatic carboxylic acids is 1. The summed E-state index contributed by atoms with van der Waals surface area (Å²) >= 11 is 5.84. The summed E-state index contributed by atoms with van der Waals surface area (Å²) < 4.78 is 41.4. The van der Waals surface area contributed by atoms with Crippen molar-refractivity contribution in [1.82, 2.24) is 9.73 Å². The first-order valence-corrected chi connectivity index (χ1v) is 11.6. The van der Waals surface area contributed by atoms with E-state index in [9.17, 15) is 27.5 Å². The lowest BCUT2D eigenvalue weighted by Crippen LogP contribution is -2.39. The average Bonchev–Trinajstić information content (AvgIpc) is 2.80. The number of halogens is 2. The normalized spacial score (nSPS) is 11.6. The van der Waals surface area contributed by atoms with Crippen LogP contribution in [-0.4, -0.2) is 42.5 Å². The molecule has 0 saturated heterocycles. The predicted octanol–water partition coefficient (Wildman–Crippen LogP) is 3.52. The summed E-state index contributed by atoms with van der Waals surface area (Å²) in [5, 5.41) is 13.3. The van der Waals surface area contributed by atoms with Gasteiger partial charge in [-0.25, -0.2) is 23.0 Å². The molecule has 2 N–H and O–H groups in total. The van der Waals surface area contributed by atoms with Crippen LogP contribution in [0.5, 0.6) is 0 Å². The van der Waals surface area contributed by atoms with Crippen LogP contribution in [0.2, 0.25) is 5.02 Å². The lowest BCUT2D eigenvalue weighted by atomic mass is 10.1. The molecule has 0 radical (unpaired) electrons. The van der Waals surface area contributed by atoms with Crippen molar-refractivity contribution in [2.24, 2.45) is 5.10 Å². The van der Waals surface area contributed by atoms with Gasteiger partial charge in [0.1, 0.15) is 5.82 Å². The van der Waals surface area contributed by atoms with Crippen LogP contribution >= 0.6 is 11.6 Å². The predicted molar refractivity (Wildman–Crippen MR) is 125 cm³/mol. The van der Waals surface area contributed by atoms with Gasteiger partial charge in [-0.3, -0.25) is 4.79 Å². The molecule has 0 bridgehead atoms. The van der Waals surface area contributed by atoms with E-state index in [0.29, 0.717) is 5.02 Å². The SMILES string of the molecule is O=C(CN(Cc1ccccc1F)S(=O)(=O)c1ccc(Cl)cc1)N/N=C\c1ccccc1C(=O)O. The van der Waals surface area contributed by atoms with Gasteiger partial charge >= 0.3 is 5.97 Å². The molecule has 0 aromatic heterocycles. The first kappa shape index (κ1) is 25.0. The Balaban J connectivity index is 1.82. The van der Waals surface area contributed by atoms with Crippen LogP contribution in [-0.2, 0) is 21.4 Å². The van der Waals surface area contributed by atoms with Gasteiger partial charge in [0.15, 0.2) is 0 Å². The molecule has 34 heavy (non-hydrogen) atoms. The Morgan fingerprint density at radius 2 is 1.68 bits per heavy atom. The van der Waals surface area contributed by atoms with Gasteiger partial charge in [0, 0.05) is 22.7 Å². The molecule has 0 saturated carbocycles. The van der Waals surface area contributed by atoms with Gasteiger partial charge in [0.05, 0.1) is 23.2 Å². The monoisotopic (exact) mass is 503 g/mol. The Bertz CT molecular complexity index is 1330. The highest BCUT2D eigenvalue weighted by molar-refractivity contribution is 7.89. The molecule has 0 unspecified atom stereocenters. The minimum Gasteiger partial charge on any atom is -0.478 e. The van der Waals surface area contributed by atoms with Crippen LogP contribution in [0.25, 0.3) is 0 Å². The van der Waals surface area contributed by atoms with E-state index in [2.05, 4.69) is 10.5 Å². The number of nitrogens with zero attached hydrogens (tertiary/aromatic N) is 2. The van der Waals surface area contributed by atoms with Gasteiger partial charge in [0.2, 0.25) is 10.0 Å². The third kappa shape index (κ3) is 6.25. The van der Waals surface area contributed by atoms with Crippen molar-refractivity contribution in [3.63, 3.8) is 0 Å². The number of amides is 1. The fraction of sp³-hybridized carbons (Fsp3) is 0.0870. The second-order valence-corrected chi connectivity index (χ2v) is 9.38. The summed E-state index contributed by atoms with van der Waals surface area (Å²) in [4.78, 5) is 23.7. The molecule has 0 spiro atoms. The van der Waals surface area contributed by atoms with Crippen molar-refractivity contribution in [2.75, 3.05) is 6.54 Å². The summed E-state index contributed by atoms with van der Waals surface area (Å²) in [6.45, 7) is -1.08. The zero-order valence-electron chi connectivity index (χ0n) is 17.6. The van der Waals surface area contributed by atoms with Crippen LogP contribution in [0.3, 0.4) is 0 Å². The van der Waals surface area contributed by atoms with E-state index < -0.39 is 40.8 Å². The minimum atomic E-state index is -4.21. The number of hydrogen-bond donors (Lipinski definition) is 2. The number of hydrogen-bond acceptors (Lipinski definition) is 5. The lowest BCUT2D eigenvalue weighted by Gasteiger charge is -2.21. The Hall–Kier alpha value is -3.60. The smallest absolute Gasteiger partial charge is 0.336 e. The number of rotatable bonds is 9. The lowest BCUT2D eigenvalue weighted by molar-refractivity contribution is -0.121. The Labute approximate surface area is 200 Å². The Morgan fingerprint density at radius 1 is 1.03 bits per heavy atom. The third-order valence-electron chi connectivity index (χ3n) is 4.66. The molecule has 0 aliphatic rings. The van der Waals surface area contributed by atoms with Crippen LogP contribution < -0.4 is 5.43 Å². The number of carbonyl (C=O) groups is 2. The molecule has 1 amide bonds. The topological polar surface area (TPSA) is 116 Å². The maximum Gasteiger partial charge on any atom is 0.336 e. The molecule has 11 heteroatoms. The third-order valence-corrected chi connectivity index (χ3v) is 6.72. The van der Waals surface area contributed by atoms with Crippen molar-refractivity contribution in [2.45, 2.75) is 11.4 Å². The largest absolute Gasteiger partial charge is 0.478 e. The van der Waals surface area contributed by atoms with Crippen LogP contribution in [0.1, 0.15) is 21.5 Å². The van der Waals surface area contributed by atoms with Gasteiger partial charge < -0.3 is 5.11 Å². The van der Waals surface area contributed by atoms with Gasteiger partial charge in [-0.05, 0) is 36.4 Å². The first-order valence-electron chi connectivity index (χ1n) is 9.82. The van der Waals surface area contributed by atoms with Crippen molar-refractivity contribution in [1.29, 1.82) is 0 Å². The number of carboxylic acid groups (broad SMARTS) is 1. The summed E-state index contributed by atoms with van der Waals surface area (Å²) in [6, 6.07) is 17.0. The summed E-state index contributed by atoms with van der Waals surface area (Å²) in [6.07, 6.45) is 1.14. The molecule has 0 atom stereocenters. The fourth-order valence-electron chi connectivity index (χ4n) is 2.97. The number of nitrogens with one attached hydrogen (secondary N) is 1. The average molecular weight is 504 g/mol. The van der Waals surface area contributed by atoms with Gasteiger partial charge in [-0.1, -0.05) is 48.0 Å². The molecule has 3 aromatic rings. The van der Waals surface area contributed by atoms with Gasteiger partial charge in [0.25, 0.3) is 5.91 Å². The Kier molecular flexibility index (Phi) is 8.11. The van der Waals surface area contributed by atoms with E-state index in [4.69, 9.17) is 11.6 Å². The minimum absolute atomic E-state index is 0.0213. The highest BCUT2D eigenvalue weighted by Crippen LogP contribution is 2.21. The number of benzene rings is 3. The molecule has 176 valence electrons. The second-order valence-electron chi connectivity index (χ2n) is 7.00. The maximum absolute atomic E-state index is 14.2. The molecule has 0 fully saturated rings. The fourth-order valence-corrected chi connectivity index (χ4v) is 4.47. The first-order chi connectivity index (χ1) is 16.2. The molecule has 0 aliphatic carbocycles. The quantitative estimate of drug-likeness (QED) is 0.342. The van der Waals surface area contributed by atoms with Crippen molar-refractivity contribution in [3.05, 3.63) is 100 Å². The summed E-state index contributed by atoms with van der Waals surface area (Å²) in [5.41, 5.74) is 2.47. The van der Waals surface area contributed by atoms with E-state index >= 15 is 0 Å². The van der Waals surface area contributed by atoms with Crippen molar-refractivity contribution in [3.8, 4) is 0 Å². The molecule has 0 aliphatic heterocycles. The Morgan fingerprint density at radius 3 is 2.35 bits per heavy atom. The van der Waals surface area contributed by atoms with E-state index in [1.807, 2.05) is 0 Å². The highest BCUT2D eigenvalue weighted by Gasteiger charge is 2.27. The maximum atomic E-state index is 14.2. The molecular formula is C23H19ClFN3O5S. The van der Waals surface area contributed by atoms with E-state index in [1.165, 1.54) is 54.6 Å². The van der Waals surface area contributed by atoms with Crippen LogP contribution in [0.15, 0.2) is 82.8 Å². The van der Waals surface area contributed by atoms with Gasteiger partial charge in [-0.15, -0.1) is 0 Å². The van der Waals surface area contributed by atoms with E-state index in [0.717, 1.165) is 10.5 Å². The molecule has 0 heterocycles. The van der Waals surface area contributed by atoms with E-state index in [1.54, 1.807) is 18.2 Å². The number of hydrazone groups is 1. The number of sulfonamides is 1. The highest BCUT2D eigenvalue weighted by atomic mass is 35.5. The standard InChI is InChI=1S/C23H19ClFN3O5S/c24-18-9-11-19(12-10-18)34(32,33)28(14-17-6-2-4-8-21(17)25)15-22(29)27-26-13-16-5-1-3-7-20(16)23(30)31/h1-13H,14-15H2,(H,27,29)(H,30,31)/b26-13-. The van der Waals surface area contributed by atoms with Crippen LogP contribution in [0.4, 0.5) is 4.39 Å². The zero-order chi connectivity index (χ0) is 24.7. The van der Waals surface area contributed by atoms with Gasteiger partial charge in [-0.2, -0.15) is 9.41 Å². The molecular weight excluding hydrogens is 485 g/mol. The van der Waals surface area contributed by atoms with Crippen molar-refractivity contribution >= 4 is 39.7 Å². The zero-order valence-corrected chi connectivity index (χ0v) is 19.1. The number of carbonyl (C=O) groups excluding carboxylic acids is 1. The second kappa shape index (κ2) is 11.0. The van der Waals surface area contributed by atoms with Crippen LogP contribution in [0, 0.1) is 5.82 Å². The molecule has 8 nitrogen and oxygen atoms in total. The summed E-state index contributed by atoms with van der Waals surface area (Å²) in [5.74, 6) is -2.60. The molecule has 3 rings (SSSR count). The number of carboxylic acids is 1. The summed E-state index contributed by atoms with van der Waals surface area (Å²) in [7, 11) is -4.21. The van der Waals surface area contributed by atoms with Crippen molar-refractivity contribution < 1.29 is 27.5 Å².